The van der Waals surface area contributed by atoms with Gasteiger partial charge in [0.2, 0.25) is 11.8 Å². The summed E-state index contributed by atoms with van der Waals surface area (Å²) in [6.07, 6.45) is 1.43. The van der Waals surface area contributed by atoms with Crippen molar-refractivity contribution in [2.75, 3.05) is 38.5 Å². The van der Waals surface area contributed by atoms with Gasteiger partial charge >= 0.3 is 4.87 Å². The lowest BCUT2D eigenvalue weighted by atomic mass is 9.89. The molecule has 1 aromatic carbocycles. The quantitative estimate of drug-likeness (QED) is 0.298. The number of aromatic nitrogens is 5. The predicted octanol–water partition coefficient (Wildman–Crippen LogP) is 3.05. The van der Waals surface area contributed by atoms with Crippen molar-refractivity contribution in [3.05, 3.63) is 57.6 Å². The number of hydrogen-bond donors (Lipinski definition) is 2. The monoisotopic (exact) mass is 582 g/mol. The van der Waals surface area contributed by atoms with Gasteiger partial charge in [-0.1, -0.05) is 17.4 Å². The highest BCUT2D eigenvalue weighted by atomic mass is 32.1. The second-order valence-corrected chi connectivity index (χ2v) is 11.4. The van der Waals surface area contributed by atoms with E-state index in [9.17, 15) is 13.6 Å². The number of hydrogen-bond acceptors (Lipinski definition) is 10. The van der Waals surface area contributed by atoms with Gasteiger partial charge in [-0.2, -0.15) is 9.50 Å². The molecule has 2 aliphatic rings. The van der Waals surface area contributed by atoms with Gasteiger partial charge in [0, 0.05) is 32.2 Å². The minimum Gasteiger partial charge on any atom is -0.486 e. The maximum Gasteiger partial charge on any atom is 0.309 e. The number of rotatable bonds is 7. The molecule has 4 aromatic heterocycles. The Labute approximate surface area is 236 Å². The minimum absolute atomic E-state index is 0.0816. The fraction of sp³-hybridized carbons (Fsp3) is 0.407. The Hall–Kier alpha value is -3.88. The van der Waals surface area contributed by atoms with Crippen molar-refractivity contribution < 1.29 is 17.9 Å². The number of nitrogens with zero attached hydrogens (tertiary/aromatic N) is 6. The smallest absolute Gasteiger partial charge is 0.309 e. The number of nitrogens with two attached hydrogens (primary N) is 1. The van der Waals surface area contributed by atoms with Gasteiger partial charge in [0.15, 0.2) is 23.2 Å². The fourth-order valence-electron chi connectivity index (χ4n) is 5.67. The van der Waals surface area contributed by atoms with Gasteiger partial charge in [0.25, 0.3) is 0 Å². The normalized spacial score (nSPS) is 20.4. The number of benzene rings is 1. The van der Waals surface area contributed by atoms with Crippen LogP contribution in [0.15, 0.2) is 45.8 Å². The van der Waals surface area contributed by atoms with E-state index in [1.807, 2.05) is 0 Å². The van der Waals surface area contributed by atoms with E-state index in [2.05, 4.69) is 25.3 Å². The number of thiazole rings is 1. The third-order valence-corrected chi connectivity index (χ3v) is 8.84. The van der Waals surface area contributed by atoms with E-state index in [1.165, 1.54) is 16.8 Å². The minimum atomic E-state index is -1.10. The van der Waals surface area contributed by atoms with Crippen LogP contribution >= 0.6 is 11.3 Å². The van der Waals surface area contributed by atoms with Crippen LogP contribution in [0.4, 0.5) is 14.7 Å². The highest BCUT2D eigenvalue weighted by Crippen LogP contribution is 2.32. The van der Waals surface area contributed by atoms with Gasteiger partial charge in [-0.15, -0.1) is 5.10 Å². The van der Waals surface area contributed by atoms with E-state index in [0.717, 1.165) is 37.3 Å². The molecule has 11 nitrogen and oxygen atoms in total. The molecule has 0 amide bonds. The zero-order chi connectivity index (χ0) is 28.1. The van der Waals surface area contributed by atoms with Gasteiger partial charge in [-0.25, -0.2) is 13.8 Å². The molecule has 214 valence electrons. The molecule has 7 rings (SSSR count). The molecule has 2 atom stereocenters. The first-order valence-corrected chi connectivity index (χ1v) is 14.4. The zero-order valence-electron chi connectivity index (χ0n) is 22.0. The van der Waals surface area contributed by atoms with E-state index >= 15 is 0 Å². The van der Waals surface area contributed by atoms with Crippen LogP contribution in [-0.2, 0) is 6.54 Å². The van der Waals surface area contributed by atoms with Crippen LogP contribution < -0.4 is 20.7 Å². The first kappa shape index (κ1) is 26.0. The maximum atomic E-state index is 15.0. The first-order chi connectivity index (χ1) is 19.9. The van der Waals surface area contributed by atoms with Crippen LogP contribution in [0, 0.1) is 5.82 Å². The van der Waals surface area contributed by atoms with Crippen LogP contribution in [0.1, 0.15) is 24.3 Å². The largest absolute Gasteiger partial charge is 0.486 e. The van der Waals surface area contributed by atoms with Crippen molar-refractivity contribution in [3.8, 4) is 17.3 Å². The average molecular weight is 583 g/mol. The molecule has 2 fully saturated rings. The zero-order valence-corrected chi connectivity index (χ0v) is 22.8. The van der Waals surface area contributed by atoms with Crippen LogP contribution in [-0.4, -0.2) is 74.0 Å². The highest BCUT2D eigenvalue weighted by molar-refractivity contribution is 7.17. The van der Waals surface area contributed by atoms with E-state index < -0.39 is 12.3 Å². The third kappa shape index (κ3) is 4.85. The summed E-state index contributed by atoms with van der Waals surface area (Å²) in [7, 11) is 0. The summed E-state index contributed by atoms with van der Waals surface area (Å²) in [5, 5.41) is 7.33. The molecule has 0 radical (unpaired) electrons. The molecule has 6 heterocycles. The van der Waals surface area contributed by atoms with Crippen molar-refractivity contribution in [1.29, 1.82) is 0 Å². The van der Waals surface area contributed by atoms with E-state index in [0.29, 0.717) is 58.5 Å². The molecule has 0 saturated carbocycles. The Kier molecular flexibility index (Phi) is 6.67. The SMILES string of the molecule is Nc1nc2c(sc(=O)n2CCN2CCC(c3ccc(O[C@@H]4CNC[C@@H]4F)cc3F)CC2)c2nc(-c3ccco3)nn12. The number of piperidine rings is 1. The summed E-state index contributed by atoms with van der Waals surface area (Å²) in [6, 6.07) is 8.35. The second kappa shape index (κ2) is 10.5. The van der Waals surface area contributed by atoms with Gasteiger partial charge in [0.1, 0.15) is 22.4 Å². The number of anilines is 1. The summed E-state index contributed by atoms with van der Waals surface area (Å²) < 4.78 is 43.5. The first-order valence-electron chi connectivity index (χ1n) is 13.6. The van der Waals surface area contributed by atoms with Gasteiger partial charge in [-0.05, 0) is 55.6 Å². The van der Waals surface area contributed by atoms with Crippen molar-refractivity contribution >= 4 is 33.3 Å². The summed E-state index contributed by atoms with van der Waals surface area (Å²) >= 11 is 1.07. The second-order valence-electron chi connectivity index (χ2n) is 10.4. The Bertz CT molecular complexity index is 1760. The summed E-state index contributed by atoms with van der Waals surface area (Å²) in [6.45, 7) is 3.30. The van der Waals surface area contributed by atoms with E-state index in [1.54, 1.807) is 28.8 Å². The van der Waals surface area contributed by atoms with Crippen molar-refractivity contribution in [2.24, 2.45) is 0 Å². The van der Waals surface area contributed by atoms with E-state index in [4.69, 9.17) is 14.9 Å². The van der Waals surface area contributed by atoms with Crippen LogP contribution in [0.3, 0.4) is 0 Å². The number of alkyl halides is 1. The van der Waals surface area contributed by atoms with Gasteiger partial charge < -0.3 is 25.1 Å². The van der Waals surface area contributed by atoms with Gasteiger partial charge in [-0.3, -0.25) is 9.36 Å². The van der Waals surface area contributed by atoms with Crippen LogP contribution in [0.5, 0.6) is 5.75 Å². The number of halogens is 2. The molecule has 2 aliphatic heterocycles. The molecule has 41 heavy (non-hydrogen) atoms. The van der Waals surface area contributed by atoms with Gasteiger partial charge in [0.05, 0.1) is 6.26 Å². The number of ether oxygens (including phenoxy) is 1. The number of nitrogen functional groups attached to an aromatic ring is 1. The molecule has 0 aliphatic carbocycles. The molecule has 0 spiro atoms. The lowest BCUT2D eigenvalue weighted by Crippen LogP contribution is -2.36. The summed E-state index contributed by atoms with van der Waals surface area (Å²) in [4.78, 5) is 24.1. The molecular formula is C27H28F2N8O3S. The molecule has 3 N–H and O–H groups in total. The molecule has 0 unspecified atom stereocenters. The third-order valence-electron chi connectivity index (χ3n) is 7.87. The Morgan fingerprint density at radius 1 is 1.15 bits per heavy atom. The standard InChI is InChI=1S/C27H28F2N8O3S/c28-18-12-16(40-21-14-31-13-19(21)29)3-4-17(18)15-5-7-35(8-6-15)9-10-36-24-22(41-27(36)38)25-32-23(20-2-1-11-39-20)34-37(25)26(30)33-24/h1-4,11-12,15,19,21,31H,5-10,13-14H2,(H2,30,33)/t19-,21+/m0/s1. The predicted molar refractivity (Wildman–Crippen MR) is 150 cm³/mol. The lowest BCUT2D eigenvalue weighted by molar-refractivity contribution is 0.139. The Morgan fingerprint density at radius 3 is 2.73 bits per heavy atom. The van der Waals surface area contributed by atoms with Crippen molar-refractivity contribution in [2.45, 2.75) is 37.6 Å². The number of likely N-dealkylation sites (tertiary alicyclic amines) is 1. The van der Waals surface area contributed by atoms with Crippen LogP contribution in [0.25, 0.3) is 27.6 Å². The Balaban J connectivity index is 1.01. The summed E-state index contributed by atoms with van der Waals surface area (Å²) in [5.74, 6) is 1.10. The summed E-state index contributed by atoms with van der Waals surface area (Å²) in [5.41, 5.74) is 7.78. The molecule has 0 bridgehead atoms. The highest BCUT2D eigenvalue weighted by Gasteiger charge is 2.29. The van der Waals surface area contributed by atoms with Crippen LogP contribution in [0.2, 0.25) is 0 Å². The number of furan rings is 1. The molecule has 2 saturated heterocycles. The number of fused-ring (bicyclic) bond motifs is 3. The Morgan fingerprint density at radius 2 is 2.00 bits per heavy atom. The average Bonchev–Trinajstić information content (AvgIpc) is 3.76. The maximum absolute atomic E-state index is 15.0. The topological polar surface area (TPSA) is 129 Å². The lowest BCUT2D eigenvalue weighted by Gasteiger charge is -2.32. The van der Waals surface area contributed by atoms with Crippen molar-refractivity contribution in [1.82, 2.24) is 34.4 Å². The van der Waals surface area contributed by atoms with E-state index in [-0.39, 0.29) is 29.1 Å². The van der Waals surface area contributed by atoms with Crippen molar-refractivity contribution in [3.63, 3.8) is 0 Å². The fourth-order valence-corrected chi connectivity index (χ4v) is 6.60. The molecule has 5 aromatic rings. The number of nitrogens with one attached hydrogen (secondary N) is 1. The molecule has 14 heteroatoms. The molecular weight excluding hydrogens is 554 g/mol.